The van der Waals surface area contributed by atoms with E-state index in [1.54, 1.807) is 0 Å². The van der Waals surface area contributed by atoms with Gasteiger partial charge < -0.3 is 10.0 Å². The van der Waals surface area contributed by atoms with Crippen LogP contribution in [0.2, 0.25) is 0 Å². The summed E-state index contributed by atoms with van der Waals surface area (Å²) in [6.07, 6.45) is 6.20. The van der Waals surface area contributed by atoms with Gasteiger partial charge in [0.1, 0.15) is 0 Å². The predicted octanol–water partition coefficient (Wildman–Crippen LogP) is 1.66. The Morgan fingerprint density at radius 1 is 1.26 bits per heavy atom. The summed E-state index contributed by atoms with van der Waals surface area (Å²) in [5.41, 5.74) is 2.43. The van der Waals surface area contributed by atoms with E-state index in [4.69, 9.17) is 5.11 Å². The second-order valence-electron chi connectivity index (χ2n) is 5.50. The number of nitrogens with zero attached hydrogens (tertiary/aromatic N) is 3. The molecule has 1 unspecified atom stereocenters. The number of piperidine rings is 1. The lowest BCUT2D eigenvalue weighted by molar-refractivity contribution is -0.141. The van der Waals surface area contributed by atoms with Crippen molar-refractivity contribution in [2.24, 2.45) is 5.92 Å². The Morgan fingerprint density at radius 3 is 2.95 bits per heavy atom. The topological polar surface area (TPSA) is 66.3 Å². The van der Waals surface area contributed by atoms with Crippen molar-refractivity contribution in [3.63, 3.8) is 0 Å². The first-order valence-electron chi connectivity index (χ1n) is 7.07. The predicted molar refractivity (Wildman–Crippen MR) is 71.2 cm³/mol. The van der Waals surface area contributed by atoms with Crippen LogP contribution in [0.25, 0.3) is 0 Å². The second kappa shape index (κ2) is 5.15. The average molecular weight is 261 g/mol. The van der Waals surface area contributed by atoms with Crippen LogP contribution in [-0.2, 0) is 17.6 Å². The van der Waals surface area contributed by atoms with Crippen LogP contribution >= 0.6 is 0 Å². The number of aliphatic carboxylic acids is 1. The van der Waals surface area contributed by atoms with Crippen LogP contribution in [-0.4, -0.2) is 34.4 Å². The third-order valence-electron chi connectivity index (χ3n) is 4.15. The zero-order chi connectivity index (χ0) is 13.2. The highest BCUT2D eigenvalue weighted by atomic mass is 16.4. The van der Waals surface area contributed by atoms with Gasteiger partial charge in [-0.2, -0.15) is 5.10 Å². The summed E-state index contributed by atoms with van der Waals surface area (Å²) in [4.78, 5) is 13.2. The minimum absolute atomic E-state index is 0.272. The number of anilines is 1. The molecule has 1 N–H and O–H groups in total. The molecule has 2 heterocycles. The van der Waals surface area contributed by atoms with Crippen LogP contribution < -0.4 is 4.90 Å². The highest BCUT2D eigenvalue weighted by Gasteiger charge is 2.26. The molecular formula is C14H19N3O2. The van der Waals surface area contributed by atoms with Crippen LogP contribution in [0.15, 0.2) is 6.07 Å². The molecule has 3 rings (SSSR count). The van der Waals surface area contributed by atoms with E-state index in [1.807, 2.05) is 0 Å². The van der Waals surface area contributed by atoms with Crippen molar-refractivity contribution in [3.05, 3.63) is 17.3 Å². The van der Waals surface area contributed by atoms with Crippen LogP contribution in [0.3, 0.4) is 0 Å². The van der Waals surface area contributed by atoms with Crippen molar-refractivity contribution in [1.29, 1.82) is 0 Å². The molecule has 1 aromatic rings. The standard InChI is InChI=1S/C14H19N3O2/c18-14(19)11-5-3-7-17(9-11)13-8-10-4-1-2-6-12(10)15-16-13/h8,11H,1-7,9H2,(H,18,19). The van der Waals surface area contributed by atoms with Gasteiger partial charge in [0.15, 0.2) is 5.82 Å². The van der Waals surface area contributed by atoms with E-state index in [0.717, 1.165) is 43.7 Å². The highest BCUT2D eigenvalue weighted by Crippen LogP contribution is 2.25. The first kappa shape index (κ1) is 12.4. The first-order chi connectivity index (χ1) is 9.24. The molecule has 0 spiro atoms. The van der Waals surface area contributed by atoms with Crippen LogP contribution in [0.5, 0.6) is 0 Å². The van der Waals surface area contributed by atoms with E-state index < -0.39 is 5.97 Å². The van der Waals surface area contributed by atoms with Gasteiger partial charge in [0.05, 0.1) is 11.6 Å². The van der Waals surface area contributed by atoms with E-state index in [1.165, 1.54) is 18.4 Å². The Labute approximate surface area is 112 Å². The Bertz CT molecular complexity index is 490. The van der Waals surface area contributed by atoms with Gasteiger partial charge in [0, 0.05) is 13.1 Å². The SMILES string of the molecule is O=C(O)C1CCCN(c2cc3c(nn2)CCCC3)C1. The van der Waals surface area contributed by atoms with Crippen LogP contribution in [0.1, 0.15) is 36.9 Å². The van der Waals surface area contributed by atoms with Crippen LogP contribution in [0, 0.1) is 5.92 Å². The number of carboxylic acid groups (broad SMARTS) is 1. The summed E-state index contributed by atoms with van der Waals surface area (Å²) in [5, 5.41) is 17.7. The molecule has 1 aliphatic carbocycles. The molecule has 0 amide bonds. The van der Waals surface area contributed by atoms with Crippen molar-refractivity contribution >= 4 is 11.8 Å². The molecule has 0 bridgehead atoms. The molecular weight excluding hydrogens is 242 g/mol. The van der Waals surface area contributed by atoms with E-state index in [0.29, 0.717) is 6.54 Å². The first-order valence-corrected chi connectivity index (χ1v) is 7.07. The quantitative estimate of drug-likeness (QED) is 0.877. The summed E-state index contributed by atoms with van der Waals surface area (Å²) in [6.45, 7) is 1.44. The van der Waals surface area contributed by atoms with Crippen molar-refractivity contribution in [3.8, 4) is 0 Å². The van der Waals surface area contributed by atoms with Gasteiger partial charge in [-0.3, -0.25) is 4.79 Å². The number of carboxylic acids is 1. The molecule has 5 nitrogen and oxygen atoms in total. The van der Waals surface area contributed by atoms with E-state index in [-0.39, 0.29) is 5.92 Å². The van der Waals surface area contributed by atoms with Gasteiger partial charge in [0.25, 0.3) is 0 Å². The summed E-state index contributed by atoms with van der Waals surface area (Å²) in [6, 6.07) is 2.12. The van der Waals surface area contributed by atoms with Crippen LogP contribution in [0.4, 0.5) is 5.82 Å². The molecule has 1 atom stereocenters. The summed E-state index contributed by atoms with van der Waals surface area (Å²) in [5.74, 6) is -0.117. The maximum absolute atomic E-state index is 11.1. The van der Waals surface area contributed by atoms with Gasteiger partial charge in [-0.1, -0.05) is 0 Å². The molecule has 0 radical (unpaired) electrons. The fourth-order valence-electron chi connectivity index (χ4n) is 3.02. The average Bonchev–Trinajstić information content (AvgIpc) is 2.47. The number of fused-ring (bicyclic) bond motifs is 1. The fourth-order valence-corrected chi connectivity index (χ4v) is 3.02. The monoisotopic (exact) mass is 261 g/mol. The molecule has 0 saturated carbocycles. The van der Waals surface area contributed by atoms with Crippen molar-refractivity contribution in [2.45, 2.75) is 38.5 Å². The second-order valence-corrected chi connectivity index (χ2v) is 5.50. The zero-order valence-corrected chi connectivity index (χ0v) is 11.0. The number of aromatic nitrogens is 2. The molecule has 2 aliphatic rings. The molecule has 1 aliphatic heterocycles. The minimum atomic E-state index is -0.699. The lowest BCUT2D eigenvalue weighted by atomic mass is 9.96. The third-order valence-corrected chi connectivity index (χ3v) is 4.15. The van der Waals surface area contributed by atoms with Crippen molar-refractivity contribution in [2.75, 3.05) is 18.0 Å². The molecule has 1 saturated heterocycles. The van der Waals surface area contributed by atoms with Crippen molar-refractivity contribution < 1.29 is 9.90 Å². The van der Waals surface area contributed by atoms with Gasteiger partial charge in [-0.25, -0.2) is 0 Å². The van der Waals surface area contributed by atoms with Gasteiger partial charge >= 0.3 is 5.97 Å². The zero-order valence-electron chi connectivity index (χ0n) is 11.0. The molecule has 1 fully saturated rings. The highest BCUT2D eigenvalue weighted by molar-refractivity contribution is 5.71. The van der Waals surface area contributed by atoms with E-state index in [2.05, 4.69) is 21.2 Å². The number of rotatable bonds is 2. The van der Waals surface area contributed by atoms with E-state index >= 15 is 0 Å². The Balaban J connectivity index is 1.79. The van der Waals surface area contributed by atoms with Gasteiger partial charge in [-0.15, -0.1) is 5.10 Å². The number of aryl methyl sites for hydroxylation is 2. The third kappa shape index (κ3) is 2.55. The minimum Gasteiger partial charge on any atom is -0.481 e. The van der Waals surface area contributed by atoms with E-state index in [9.17, 15) is 4.79 Å². The lowest BCUT2D eigenvalue weighted by Gasteiger charge is -2.31. The summed E-state index contributed by atoms with van der Waals surface area (Å²) < 4.78 is 0. The van der Waals surface area contributed by atoms with Gasteiger partial charge in [-0.05, 0) is 50.2 Å². The Morgan fingerprint density at radius 2 is 2.11 bits per heavy atom. The molecule has 102 valence electrons. The molecule has 0 aromatic carbocycles. The van der Waals surface area contributed by atoms with Crippen molar-refractivity contribution in [1.82, 2.24) is 10.2 Å². The molecule has 5 heteroatoms. The normalized spacial score (nSPS) is 22.9. The largest absolute Gasteiger partial charge is 0.481 e. The Kier molecular flexibility index (Phi) is 3.36. The maximum Gasteiger partial charge on any atom is 0.308 e. The Hall–Kier alpha value is -1.65. The fraction of sp³-hybridized carbons (Fsp3) is 0.643. The number of hydrogen-bond donors (Lipinski definition) is 1. The smallest absolute Gasteiger partial charge is 0.308 e. The molecule has 1 aromatic heterocycles. The summed E-state index contributed by atoms with van der Waals surface area (Å²) >= 11 is 0. The molecule has 19 heavy (non-hydrogen) atoms. The summed E-state index contributed by atoms with van der Waals surface area (Å²) in [7, 11) is 0. The lowest BCUT2D eigenvalue weighted by Crippen LogP contribution is -2.39. The van der Waals surface area contributed by atoms with Gasteiger partial charge in [0.2, 0.25) is 0 Å². The number of carbonyl (C=O) groups is 1. The maximum atomic E-state index is 11.1. The number of hydrogen-bond acceptors (Lipinski definition) is 4.